The molecule has 1 aliphatic carbocycles. The van der Waals surface area contributed by atoms with E-state index in [1.54, 1.807) is 12.1 Å². The van der Waals surface area contributed by atoms with Crippen LogP contribution in [0.15, 0.2) is 24.3 Å². The molecule has 1 aromatic carbocycles. The van der Waals surface area contributed by atoms with Gasteiger partial charge in [-0.1, -0.05) is 24.3 Å². The number of hydrogen-bond donors (Lipinski definition) is 2. The normalized spacial score (nSPS) is 40.6. The van der Waals surface area contributed by atoms with Crippen molar-refractivity contribution in [2.24, 2.45) is 0 Å². The molecule has 2 rings (SSSR count). The SMILES string of the molecule is [2H][C@]1(O)CC(=O)c2ccccc2[C@@]1([2H])O. The molecule has 0 spiro atoms. The van der Waals surface area contributed by atoms with E-state index in [2.05, 4.69) is 0 Å². The molecule has 0 saturated carbocycles. The summed E-state index contributed by atoms with van der Waals surface area (Å²) in [6.45, 7) is 0. The maximum Gasteiger partial charge on any atom is 0.165 e. The van der Waals surface area contributed by atoms with E-state index in [0.717, 1.165) is 0 Å². The molecular formula is C10H10O3. The minimum atomic E-state index is -2.49. The zero-order valence-corrected chi connectivity index (χ0v) is 6.82. The first-order chi connectivity index (χ1) is 6.86. The summed E-state index contributed by atoms with van der Waals surface area (Å²) < 4.78 is 15.0. The standard InChI is InChI=1S/C10H10O3/c11-8-5-9(12)10(13)7-4-2-1-3-6(7)8/h1-4,9-10,12-13H,5H2/t9-,10+/m0/s1/i9D,10D. The third kappa shape index (κ3) is 1.26. The summed E-state index contributed by atoms with van der Waals surface area (Å²) in [5.74, 6) is -0.431. The van der Waals surface area contributed by atoms with E-state index in [1.165, 1.54) is 12.1 Å². The molecule has 0 fully saturated rings. The van der Waals surface area contributed by atoms with Gasteiger partial charge in [0.05, 0.1) is 8.82 Å². The molecule has 2 atom stereocenters. The Morgan fingerprint density at radius 2 is 2.08 bits per heavy atom. The van der Waals surface area contributed by atoms with E-state index in [1.807, 2.05) is 0 Å². The van der Waals surface area contributed by atoms with Crippen molar-refractivity contribution in [2.75, 3.05) is 0 Å². The van der Waals surface area contributed by atoms with Crippen LogP contribution in [0.5, 0.6) is 0 Å². The summed E-state index contributed by atoms with van der Waals surface area (Å²) >= 11 is 0. The number of Topliss-reactive ketones (excluding diaryl/α,β-unsaturated/α-hetero) is 1. The number of aliphatic hydroxyl groups is 2. The smallest absolute Gasteiger partial charge is 0.165 e. The van der Waals surface area contributed by atoms with Crippen molar-refractivity contribution in [3.63, 3.8) is 0 Å². The Morgan fingerprint density at radius 3 is 2.85 bits per heavy atom. The van der Waals surface area contributed by atoms with Crippen LogP contribution in [0.25, 0.3) is 0 Å². The average molecular weight is 180 g/mol. The van der Waals surface area contributed by atoms with Crippen LogP contribution in [0.2, 0.25) is 0 Å². The van der Waals surface area contributed by atoms with Crippen LogP contribution in [0.4, 0.5) is 0 Å². The number of hydrogen-bond acceptors (Lipinski definition) is 3. The fourth-order valence-corrected chi connectivity index (χ4v) is 1.42. The highest BCUT2D eigenvalue weighted by Crippen LogP contribution is 2.29. The summed E-state index contributed by atoms with van der Waals surface area (Å²) in [6.07, 6.45) is -5.51. The van der Waals surface area contributed by atoms with Gasteiger partial charge in [0.25, 0.3) is 0 Å². The number of benzene rings is 1. The first kappa shape index (κ1) is 6.29. The van der Waals surface area contributed by atoms with E-state index >= 15 is 0 Å². The lowest BCUT2D eigenvalue weighted by Crippen LogP contribution is -2.28. The Kier molecular flexibility index (Phi) is 1.42. The summed E-state index contributed by atoms with van der Waals surface area (Å²) in [6, 6.07) is 6.01. The van der Waals surface area contributed by atoms with E-state index in [0.29, 0.717) is 0 Å². The molecule has 1 aromatic rings. The fourth-order valence-electron chi connectivity index (χ4n) is 1.42. The molecule has 0 radical (unpaired) electrons. The molecular weight excluding hydrogens is 168 g/mol. The molecule has 3 heteroatoms. The molecule has 68 valence electrons. The van der Waals surface area contributed by atoms with E-state index in [9.17, 15) is 15.0 Å². The molecule has 2 N–H and O–H groups in total. The number of fused-ring (bicyclic) bond motifs is 1. The maximum atomic E-state index is 11.5. The van der Waals surface area contributed by atoms with E-state index in [-0.39, 0.29) is 11.1 Å². The lowest BCUT2D eigenvalue weighted by atomic mass is 9.87. The van der Waals surface area contributed by atoms with Crippen molar-refractivity contribution in [3.05, 3.63) is 35.4 Å². The highest BCUT2D eigenvalue weighted by molar-refractivity contribution is 5.99. The van der Waals surface area contributed by atoms with E-state index < -0.39 is 24.4 Å². The lowest BCUT2D eigenvalue weighted by Gasteiger charge is -2.24. The number of carbonyl (C=O) groups excluding carboxylic acids is 1. The molecule has 0 heterocycles. The van der Waals surface area contributed by atoms with Crippen LogP contribution in [-0.4, -0.2) is 22.1 Å². The Bertz CT molecular complexity index is 426. The summed E-state index contributed by atoms with van der Waals surface area (Å²) in [5, 5.41) is 19.3. The largest absolute Gasteiger partial charge is 0.390 e. The molecule has 0 bridgehead atoms. The van der Waals surface area contributed by atoms with Gasteiger partial charge in [-0.05, 0) is 5.56 Å². The van der Waals surface area contributed by atoms with Gasteiger partial charge in [-0.15, -0.1) is 0 Å². The second-order valence-corrected chi connectivity index (χ2v) is 2.94. The molecule has 0 amide bonds. The van der Waals surface area contributed by atoms with Crippen molar-refractivity contribution in [1.82, 2.24) is 0 Å². The lowest BCUT2D eigenvalue weighted by molar-refractivity contribution is 0.00872. The first-order valence-corrected chi connectivity index (χ1v) is 3.94. The minimum absolute atomic E-state index is 0.0150. The zero-order valence-electron chi connectivity index (χ0n) is 8.82. The van der Waals surface area contributed by atoms with Crippen LogP contribution in [0.3, 0.4) is 0 Å². The number of rotatable bonds is 0. The first-order valence-electron chi connectivity index (χ1n) is 4.94. The second-order valence-electron chi connectivity index (χ2n) is 2.94. The molecule has 3 nitrogen and oxygen atoms in total. The van der Waals surface area contributed by atoms with Crippen LogP contribution in [-0.2, 0) is 0 Å². The monoisotopic (exact) mass is 180 g/mol. The minimum Gasteiger partial charge on any atom is -0.390 e. The Hall–Kier alpha value is -1.19. The highest BCUT2D eigenvalue weighted by Gasteiger charge is 2.30. The third-order valence-electron chi connectivity index (χ3n) is 2.08. The van der Waals surface area contributed by atoms with Crippen molar-refractivity contribution in [1.29, 1.82) is 0 Å². The Morgan fingerprint density at radius 1 is 1.38 bits per heavy atom. The molecule has 0 saturated heterocycles. The van der Waals surface area contributed by atoms with Gasteiger partial charge in [0, 0.05) is 12.0 Å². The summed E-state index contributed by atoms with van der Waals surface area (Å²) in [5.41, 5.74) is 0.186. The maximum absolute atomic E-state index is 11.5. The molecule has 13 heavy (non-hydrogen) atoms. The van der Waals surface area contributed by atoms with Crippen LogP contribution in [0, 0.1) is 0 Å². The predicted molar refractivity (Wildman–Crippen MR) is 46.4 cm³/mol. The van der Waals surface area contributed by atoms with Gasteiger partial charge in [-0.25, -0.2) is 0 Å². The number of ketones is 1. The fraction of sp³-hybridized carbons (Fsp3) is 0.300. The van der Waals surface area contributed by atoms with Crippen molar-refractivity contribution >= 4 is 5.78 Å². The quantitative estimate of drug-likeness (QED) is 0.617. The van der Waals surface area contributed by atoms with Crippen LogP contribution in [0.1, 0.15) is 31.2 Å². The van der Waals surface area contributed by atoms with Crippen molar-refractivity contribution in [3.8, 4) is 0 Å². The van der Waals surface area contributed by atoms with Crippen molar-refractivity contribution in [2.45, 2.75) is 18.6 Å². The topological polar surface area (TPSA) is 57.5 Å². The molecule has 1 aliphatic rings. The van der Waals surface area contributed by atoms with Crippen LogP contribution >= 0.6 is 0 Å². The van der Waals surface area contributed by atoms with Gasteiger partial charge in [-0.3, -0.25) is 4.79 Å². The molecule has 0 aliphatic heterocycles. The number of carbonyl (C=O) groups is 1. The Labute approximate surface area is 78.4 Å². The molecule has 0 unspecified atom stereocenters. The van der Waals surface area contributed by atoms with Gasteiger partial charge in [0.1, 0.15) is 6.08 Å². The summed E-state index contributed by atoms with van der Waals surface area (Å²) in [7, 11) is 0. The average Bonchev–Trinajstić information content (AvgIpc) is 2.15. The second kappa shape index (κ2) is 2.94. The van der Waals surface area contributed by atoms with Gasteiger partial charge in [0.15, 0.2) is 5.78 Å². The van der Waals surface area contributed by atoms with E-state index in [4.69, 9.17) is 2.74 Å². The van der Waals surface area contributed by atoms with Gasteiger partial charge in [0.2, 0.25) is 0 Å². The van der Waals surface area contributed by atoms with Crippen LogP contribution < -0.4 is 0 Å². The predicted octanol–water partition coefficient (Wildman–Crippen LogP) is 0.667. The van der Waals surface area contributed by atoms with Gasteiger partial charge in [-0.2, -0.15) is 0 Å². The van der Waals surface area contributed by atoms with Gasteiger partial charge >= 0.3 is 0 Å². The third-order valence-corrected chi connectivity index (χ3v) is 2.08. The molecule has 0 aromatic heterocycles. The zero-order chi connectivity index (χ0) is 11.3. The van der Waals surface area contributed by atoms with Crippen molar-refractivity contribution < 1.29 is 17.7 Å². The van der Waals surface area contributed by atoms with Gasteiger partial charge < -0.3 is 10.2 Å². The Balaban J connectivity index is 2.68. The summed E-state index contributed by atoms with van der Waals surface area (Å²) in [4.78, 5) is 11.5. The highest BCUT2D eigenvalue weighted by atomic mass is 16.3.